The molecule has 3 aromatic rings. The minimum Gasteiger partial charge on any atom is -0.474 e. The number of rotatable bonds is 3. The molecule has 0 saturated heterocycles. The highest BCUT2D eigenvalue weighted by Crippen LogP contribution is 2.41. The molecule has 6 nitrogen and oxygen atoms in total. The molecule has 1 unspecified atom stereocenters. The first-order chi connectivity index (χ1) is 14.2. The van der Waals surface area contributed by atoms with Gasteiger partial charge in [-0.05, 0) is 68.5 Å². The van der Waals surface area contributed by atoms with Crippen LogP contribution in [0.4, 0.5) is 0 Å². The zero-order chi connectivity index (χ0) is 19.8. The number of fused-ring (bicyclic) bond motifs is 3. The van der Waals surface area contributed by atoms with Gasteiger partial charge in [0, 0.05) is 23.8 Å². The Morgan fingerprint density at radius 2 is 1.97 bits per heavy atom. The first-order valence-corrected chi connectivity index (χ1v) is 10.5. The van der Waals surface area contributed by atoms with Gasteiger partial charge in [-0.25, -0.2) is 4.98 Å². The van der Waals surface area contributed by atoms with E-state index in [0.717, 1.165) is 54.6 Å². The summed E-state index contributed by atoms with van der Waals surface area (Å²) in [5, 5.41) is 9.53. The Morgan fingerprint density at radius 3 is 2.76 bits per heavy atom. The first-order valence-electron chi connectivity index (χ1n) is 10.2. The van der Waals surface area contributed by atoms with Crippen molar-refractivity contribution in [2.75, 3.05) is 7.05 Å². The molecule has 0 amide bonds. The molecule has 1 aliphatic carbocycles. The van der Waals surface area contributed by atoms with Crippen molar-refractivity contribution in [3.8, 4) is 11.6 Å². The van der Waals surface area contributed by atoms with E-state index in [1.54, 1.807) is 6.20 Å². The fourth-order valence-corrected chi connectivity index (χ4v) is 4.99. The van der Waals surface area contributed by atoms with Crippen LogP contribution in [-0.4, -0.2) is 37.8 Å². The molecule has 1 aliphatic heterocycles. The standard InChI is InChI=1S/C22H24ClN5O/c1-27-13-16-12-17(23)7-10-19(16)28-14-25-26-22(28)21(27)15-5-8-18(9-6-15)29-20-4-2-3-11-24-20/h2-4,7,10-12,14-15,18,21H,5-6,8-9,13H2,1H3/t15-,18-,21?. The molecule has 3 heterocycles. The summed E-state index contributed by atoms with van der Waals surface area (Å²) in [6, 6.07) is 12.1. The largest absolute Gasteiger partial charge is 0.474 e. The summed E-state index contributed by atoms with van der Waals surface area (Å²) >= 11 is 6.27. The predicted octanol–water partition coefficient (Wildman–Crippen LogP) is 4.44. The van der Waals surface area contributed by atoms with Gasteiger partial charge in [0.2, 0.25) is 5.88 Å². The van der Waals surface area contributed by atoms with E-state index in [1.165, 1.54) is 5.56 Å². The van der Waals surface area contributed by atoms with Gasteiger partial charge in [0.05, 0.1) is 11.7 Å². The maximum atomic E-state index is 6.27. The lowest BCUT2D eigenvalue weighted by Crippen LogP contribution is -2.35. The fraction of sp³-hybridized carbons (Fsp3) is 0.409. The summed E-state index contributed by atoms with van der Waals surface area (Å²) in [6.07, 6.45) is 8.07. The molecule has 0 spiro atoms. The van der Waals surface area contributed by atoms with Gasteiger partial charge in [0.25, 0.3) is 0 Å². The monoisotopic (exact) mass is 409 g/mol. The molecule has 1 fully saturated rings. The second-order valence-electron chi connectivity index (χ2n) is 8.01. The number of nitrogens with zero attached hydrogens (tertiary/aromatic N) is 5. The highest BCUT2D eigenvalue weighted by Gasteiger charge is 2.37. The van der Waals surface area contributed by atoms with E-state index in [9.17, 15) is 0 Å². The van der Waals surface area contributed by atoms with Crippen molar-refractivity contribution in [2.24, 2.45) is 5.92 Å². The minimum absolute atomic E-state index is 0.222. The van der Waals surface area contributed by atoms with Crippen molar-refractivity contribution >= 4 is 11.6 Å². The molecule has 150 valence electrons. The van der Waals surface area contributed by atoms with Gasteiger partial charge >= 0.3 is 0 Å². The van der Waals surface area contributed by atoms with E-state index in [0.29, 0.717) is 5.92 Å². The lowest BCUT2D eigenvalue weighted by molar-refractivity contribution is 0.0765. The predicted molar refractivity (Wildman–Crippen MR) is 111 cm³/mol. The number of halogens is 1. The van der Waals surface area contributed by atoms with E-state index in [4.69, 9.17) is 16.3 Å². The Hall–Kier alpha value is -2.44. The quantitative estimate of drug-likeness (QED) is 0.640. The van der Waals surface area contributed by atoms with E-state index in [1.807, 2.05) is 30.6 Å². The number of pyridine rings is 1. The SMILES string of the molecule is CN1Cc2cc(Cl)ccc2-n2cnnc2C1[C@H]1CC[C@H](Oc2ccccn2)CC1. The van der Waals surface area contributed by atoms with Crippen LogP contribution in [0.3, 0.4) is 0 Å². The molecule has 1 atom stereocenters. The number of benzene rings is 1. The second-order valence-corrected chi connectivity index (χ2v) is 8.45. The maximum Gasteiger partial charge on any atom is 0.213 e. The molecule has 1 aromatic carbocycles. The van der Waals surface area contributed by atoms with E-state index >= 15 is 0 Å². The molecule has 5 rings (SSSR count). The summed E-state index contributed by atoms with van der Waals surface area (Å²) in [4.78, 5) is 6.69. The molecule has 7 heteroatoms. The number of hydrogen-bond donors (Lipinski definition) is 0. The van der Waals surface area contributed by atoms with Gasteiger partial charge < -0.3 is 4.74 Å². The van der Waals surface area contributed by atoms with Crippen LogP contribution in [0.15, 0.2) is 48.9 Å². The molecule has 0 N–H and O–H groups in total. The maximum absolute atomic E-state index is 6.27. The number of aromatic nitrogens is 4. The van der Waals surface area contributed by atoms with Crippen molar-refractivity contribution < 1.29 is 4.74 Å². The van der Waals surface area contributed by atoms with Crippen molar-refractivity contribution in [3.05, 3.63) is 65.3 Å². The van der Waals surface area contributed by atoms with Crippen molar-refractivity contribution in [1.82, 2.24) is 24.6 Å². The average Bonchev–Trinajstić information content (AvgIpc) is 3.15. The second kappa shape index (κ2) is 7.76. The summed E-state index contributed by atoms with van der Waals surface area (Å²) in [7, 11) is 2.18. The Morgan fingerprint density at radius 1 is 1.10 bits per heavy atom. The van der Waals surface area contributed by atoms with Crippen LogP contribution < -0.4 is 4.74 Å². The smallest absolute Gasteiger partial charge is 0.213 e. The third-order valence-electron chi connectivity index (χ3n) is 6.12. The Labute approximate surface area is 175 Å². The van der Waals surface area contributed by atoms with Gasteiger partial charge in [-0.2, -0.15) is 0 Å². The summed E-state index contributed by atoms with van der Waals surface area (Å²) < 4.78 is 8.22. The van der Waals surface area contributed by atoms with Crippen LogP contribution in [0.5, 0.6) is 5.88 Å². The third-order valence-corrected chi connectivity index (χ3v) is 6.36. The highest BCUT2D eigenvalue weighted by atomic mass is 35.5. The molecular formula is C22H24ClN5O. The third kappa shape index (κ3) is 3.63. The summed E-state index contributed by atoms with van der Waals surface area (Å²) in [5.41, 5.74) is 2.33. The van der Waals surface area contributed by atoms with Gasteiger partial charge in [0.1, 0.15) is 12.4 Å². The number of hydrogen-bond acceptors (Lipinski definition) is 5. The van der Waals surface area contributed by atoms with Gasteiger partial charge in [-0.3, -0.25) is 9.47 Å². The van der Waals surface area contributed by atoms with Crippen molar-refractivity contribution in [3.63, 3.8) is 0 Å². The van der Waals surface area contributed by atoms with E-state index in [-0.39, 0.29) is 12.1 Å². The normalized spacial score (nSPS) is 24.4. The van der Waals surface area contributed by atoms with Gasteiger partial charge in [0.15, 0.2) is 5.82 Å². The molecule has 0 radical (unpaired) electrons. The Bertz CT molecular complexity index is 984. The average molecular weight is 410 g/mol. The zero-order valence-corrected chi connectivity index (χ0v) is 17.2. The molecule has 1 saturated carbocycles. The fourth-order valence-electron chi connectivity index (χ4n) is 4.79. The lowest BCUT2D eigenvalue weighted by Gasteiger charge is -2.36. The minimum atomic E-state index is 0.222. The molecule has 0 bridgehead atoms. The number of ether oxygens (including phenoxy) is 1. The van der Waals surface area contributed by atoms with Crippen LogP contribution >= 0.6 is 11.6 Å². The van der Waals surface area contributed by atoms with Gasteiger partial charge in [-0.1, -0.05) is 17.7 Å². The van der Waals surface area contributed by atoms with Crippen LogP contribution in [0.25, 0.3) is 5.69 Å². The Kier molecular flexibility index (Phi) is 4.97. The van der Waals surface area contributed by atoms with Gasteiger partial charge in [-0.15, -0.1) is 10.2 Å². The van der Waals surface area contributed by atoms with Crippen LogP contribution in [-0.2, 0) is 6.54 Å². The van der Waals surface area contributed by atoms with Crippen LogP contribution in [0.1, 0.15) is 43.1 Å². The zero-order valence-electron chi connectivity index (χ0n) is 16.4. The lowest BCUT2D eigenvalue weighted by atomic mass is 9.81. The highest BCUT2D eigenvalue weighted by molar-refractivity contribution is 6.30. The van der Waals surface area contributed by atoms with Crippen LogP contribution in [0.2, 0.25) is 5.02 Å². The van der Waals surface area contributed by atoms with E-state index in [2.05, 4.69) is 43.8 Å². The first kappa shape index (κ1) is 18.6. The van der Waals surface area contributed by atoms with Crippen molar-refractivity contribution in [1.29, 1.82) is 0 Å². The van der Waals surface area contributed by atoms with Crippen LogP contribution in [0, 0.1) is 5.92 Å². The molecule has 2 aliphatic rings. The Balaban J connectivity index is 1.36. The van der Waals surface area contributed by atoms with Crippen molar-refractivity contribution in [2.45, 2.75) is 44.4 Å². The molecule has 29 heavy (non-hydrogen) atoms. The summed E-state index contributed by atoms with van der Waals surface area (Å²) in [6.45, 7) is 0.842. The van der Waals surface area contributed by atoms with E-state index < -0.39 is 0 Å². The summed E-state index contributed by atoms with van der Waals surface area (Å²) in [5.74, 6) is 2.24. The molecular weight excluding hydrogens is 386 g/mol. The topological polar surface area (TPSA) is 56.1 Å². The molecule has 2 aromatic heterocycles.